The van der Waals surface area contributed by atoms with Crippen molar-refractivity contribution in [2.45, 2.75) is 6.92 Å². The molecule has 0 atom stereocenters. The van der Waals surface area contributed by atoms with Gasteiger partial charge in [-0.3, -0.25) is 10.2 Å². The Labute approximate surface area is 111 Å². The van der Waals surface area contributed by atoms with E-state index < -0.39 is 0 Å². The predicted octanol–water partition coefficient (Wildman–Crippen LogP) is 1.52. The third-order valence-corrected chi connectivity index (χ3v) is 2.17. The number of benzene rings is 1. The quantitative estimate of drug-likeness (QED) is 0.601. The molecule has 0 bridgehead atoms. The molecular weight excluding hydrogens is 244 g/mol. The lowest BCUT2D eigenvalue weighted by Crippen LogP contribution is -2.18. The number of hydrogen-bond acceptors (Lipinski definition) is 5. The highest BCUT2D eigenvalue weighted by atomic mass is 16.5. The second-order valence-corrected chi connectivity index (χ2v) is 3.54. The van der Waals surface area contributed by atoms with Crippen LogP contribution in [0.4, 0.5) is 0 Å². The summed E-state index contributed by atoms with van der Waals surface area (Å²) in [5.74, 6) is 0.161. The summed E-state index contributed by atoms with van der Waals surface area (Å²) in [5, 5.41) is 7.27. The fourth-order valence-electron chi connectivity index (χ4n) is 1.30. The van der Waals surface area contributed by atoms with Crippen molar-refractivity contribution in [2.24, 2.45) is 10.2 Å². The number of para-hydroxylation sites is 1. The Balaban J connectivity index is 2.63. The van der Waals surface area contributed by atoms with Crippen LogP contribution < -0.4 is 15.6 Å². The normalized spacial score (nSPS) is 11.2. The van der Waals surface area contributed by atoms with Crippen LogP contribution in [0.25, 0.3) is 0 Å². The van der Waals surface area contributed by atoms with Crippen molar-refractivity contribution in [3.8, 4) is 5.75 Å². The SMILES string of the molecule is C=NN/C(C)=C/C=N\NC(=O)c1ccccc1OC. The average molecular weight is 260 g/mol. The molecule has 0 heterocycles. The summed E-state index contributed by atoms with van der Waals surface area (Å²) < 4.78 is 5.09. The third kappa shape index (κ3) is 4.63. The smallest absolute Gasteiger partial charge is 0.275 e. The molecule has 1 amide bonds. The van der Waals surface area contributed by atoms with Gasteiger partial charge in [-0.2, -0.15) is 10.2 Å². The standard InChI is InChI=1S/C13H16N4O2/c1-10(16-14-2)8-9-15-17-13(18)11-6-4-5-7-12(11)19-3/h4-9,16H,2H2,1,3H3,(H,17,18)/b10-8+,15-9-. The van der Waals surface area contributed by atoms with E-state index in [1.807, 2.05) is 0 Å². The fourth-order valence-corrected chi connectivity index (χ4v) is 1.30. The van der Waals surface area contributed by atoms with Gasteiger partial charge < -0.3 is 4.74 Å². The molecule has 0 unspecified atom stereocenters. The van der Waals surface area contributed by atoms with Crippen molar-refractivity contribution in [1.82, 2.24) is 10.9 Å². The van der Waals surface area contributed by atoms with E-state index in [0.29, 0.717) is 11.3 Å². The maximum absolute atomic E-state index is 11.8. The molecule has 6 nitrogen and oxygen atoms in total. The van der Waals surface area contributed by atoms with Gasteiger partial charge in [-0.25, -0.2) is 5.43 Å². The number of nitrogens with one attached hydrogen (secondary N) is 2. The predicted molar refractivity (Wildman–Crippen MR) is 75.4 cm³/mol. The van der Waals surface area contributed by atoms with Crippen LogP contribution in [0.1, 0.15) is 17.3 Å². The van der Waals surface area contributed by atoms with Gasteiger partial charge in [0.1, 0.15) is 5.75 Å². The number of hydrogen-bond donors (Lipinski definition) is 2. The van der Waals surface area contributed by atoms with Gasteiger partial charge in [0.25, 0.3) is 5.91 Å². The molecule has 1 rings (SSSR count). The molecule has 0 aliphatic rings. The summed E-state index contributed by atoms with van der Waals surface area (Å²) in [6, 6.07) is 6.92. The highest BCUT2D eigenvalue weighted by Gasteiger charge is 2.09. The number of methoxy groups -OCH3 is 1. The van der Waals surface area contributed by atoms with Crippen molar-refractivity contribution in [3.63, 3.8) is 0 Å². The van der Waals surface area contributed by atoms with Crippen molar-refractivity contribution in [3.05, 3.63) is 41.6 Å². The van der Waals surface area contributed by atoms with Gasteiger partial charge in [0.15, 0.2) is 0 Å². The Kier molecular flexibility index (Phi) is 5.81. The van der Waals surface area contributed by atoms with Gasteiger partial charge in [-0.05, 0) is 25.1 Å². The Hall–Kier alpha value is -2.63. The van der Waals surface area contributed by atoms with E-state index in [1.165, 1.54) is 13.3 Å². The van der Waals surface area contributed by atoms with Crippen LogP contribution in [0.3, 0.4) is 0 Å². The van der Waals surface area contributed by atoms with Gasteiger partial charge in [0.2, 0.25) is 0 Å². The highest BCUT2D eigenvalue weighted by Crippen LogP contribution is 2.16. The van der Waals surface area contributed by atoms with Crippen molar-refractivity contribution >= 4 is 18.8 Å². The minimum absolute atomic E-state index is 0.338. The molecule has 6 heteroatoms. The number of hydrazone groups is 2. The van der Waals surface area contributed by atoms with Crippen LogP contribution in [-0.4, -0.2) is 25.9 Å². The van der Waals surface area contributed by atoms with E-state index in [2.05, 4.69) is 27.8 Å². The Morgan fingerprint density at radius 3 is 2.79 bits per heavy atom. The Bertz CT molecular complexity index is 509. The molecular formula is C13H16N4O2. The van der Waals surface area contributed by atoms with Crippen LogP contribution in [0.2, 0.25) is 0 Å². The molecule has 1 aromatic rings. The molecule has 0 fully saturated rings. The summed E-state index contributed by atoms with van der Waals surface area (Å²) in [6.45, 7) is 5.08. The van der Waals surface area contributed by atoms with E-state index in [9.17, 15) is 4.79 Å². The number of ether oxygens (including phenoxy) is 1. The van der Waals surface area contributed by atoms with Gasteiger partial charge in [0, 0.05) is 18.6 Å². The van der Waals surface area contributed by atoms with E-state index >= 15 is 0 Å². The number of nitrogens with zero attached hydrogens (tertiary/aromatic N) is 2. The summed E-state index contributed by atoms with van der Waals surface area (Å²) in [6.07, 6.45) is 3.10. The zero-order chi connectivity index (χ0) is 14.1. The number of carbonyl (C=O) groups is 1. The van der Waals surface area contributed by atoms with Gasteiger partial charge in [0.05, 0.1) is 12.7 Å². The maximum atomic E-state index is 11.8. The zero-order valence-corrected chi connectivity index (χ0v) is 10.9. The molecule has 0 aliphatic carbocycles. The van der Waals surface area contributed by atoms with Crippen molar-refractivity contribution in [2.75, 3.05) is 7.11 Å². The van der Waals surface area contributed by atoms with Crippen LogP contribution in [0.5, 0.6) is 5.75 Å². The van der Waals surface area contributed by atoms with Gasteiger partial charge in [-0.15, -0.1) is 0 Å². The molecule has 19 heavy (non-hydrogen) atoms. The minimum Gasteiger partial charge on any atom is -0.496 e. The molecule has 0 spiro atoms. The largest absolute Gasteiger partial charge is 0.496 e. The van der Waals surface area contributed by atoms with Crippen LogP contribution in [-0.2, 0) is 0 Å². The van der Waals surface area contributed by atoms with E-state index in [4.69, 9.17) is 4.74 Å². The molecule has 100 valence electrons. The monoisotopic (exact) mass is 260 g/mol. The molecule has 0 radical (unpaired) electrons. The summed E-state index contributed by atoms with van der Waals surface area (Å²) in [7, 11) is 1.51. The maximum Gasteiger partial charge on any atom is 0.275 e. The molecule has 1 aromatic carbocycles. The van der Waals surface area contributed by atoms with Crippen LogP contribution in [0.15, 0.2) is 46.2 Å². The first-order valence-electron chi connectivity index (χ1n) is 5.54. The molecule has 0 aliphatic heterocycles. The summed E-state index contributed by atoms with van der Waals surface area (Å²) >= 11 is 0. The first kappa shape index (κ1) is 14.4. The highest BCUT2D eigenvalue weighted by molar-refractivity contribution is 5.97. The molecule has 0 aromatic heterocycles. The van der Waals surface area contributed by atoms with E-state index in [0.717, 1.165) is 5.70 Å². The second-order valence-electron chi connectivity index (χ2n) is 3.54. The number of amides is 1. The fraction of sp³-hybridized carbons (Fsp3) is 0.154. The Morgan fingerprint density at radius 2 is 2.11 bits per heavy atom. The molecule has 2 N–H and O–H groups in total. The average Bonchev–Trinajstić information content (AvgIpc) is 2.43. The van der Waals surface area contributed by atoms with Crippen molar-refractivity contribution in [1.29, 1.82) is 0 Å². The lowest BCUT2D eigenvalue weighted by atomic mass is 10.2. The van der Waals surface area contributed by atoms with Gasteiger partial charge in [-0.1, -0.05) is 12.1 Å². The first-order chi connectivity index (χ1) is 9.19. The number of rotatable bonds is 6. The Morgan fingerprint density at radius 1 is 1.37 bits per heavy atom. The second kappa shape index (κ2) is 7.65. The van der Waals surface area contributed by atoms with Crippen LogP contribution in [0, 0.1) is 0 Å². The first-order valence-corrected chi connectivity index (χ1v) is 5.54. The lowest BCUT2D eigenvalue weighted by Gasteiger charge is -2.05. The molecule has 0 saturated carbocycles. The third-order valence-electron chi connectivity index (χ3n) is 2.17. The van der Waals surface area contributed by atoms with E-state index in [1.54, 1.807) is 37.3 Å². The molecule has 0 saturated heterocycles. The zero-order valence-electron chi connectivity index (χ0n) is 10.9. The van der Waals surface area contributed by atoms with Gasteiger partial charge >= 0.3 is 0 Å². The topological polar surface area (TPSA) is 75.1 Å². The van der Waals surface area contributed by atoms with E-state index in [-0.39, 0.29) is 5.91 Å². The van der Waals surface area contributed by atoms with Crippen molar-refractivity contribution < 1.29 is 9.53 Å². The summed E-state index contributed by atoms with van der Waals surface area (Å²) in [4.78, 5) is 11.8. The van der Waals surface area contributed by atoms with Crippen LogP contribution >= 0.6 is 0 Å². The lowest BCUT2D eigenvalue weighted by molar-refractivity contribution is 0.0952. The summed E-state index contributed by atoms with van der Waals surface area (Å²) in [5.41, 5.74) is 6.22. The minimum atomic E-state index is -0.338. The number of carbonyl (C=O) groups excluding carboxylic acids is 1. The number of allylic oxidation sites excluding steroid dienone is 2.